The van der Waals surface area contributed by atoms with Crippen LogP contribution in [-0.2, 0) is 4.79 Å². The van der Waals surface area contributed by atoms with E-state index in [0.717, 1.165) is 0 Å². The van der Waals surface area contributed by atoms with Crippen LogP contribution in [-0.4, -0.2) is 11.9 Å². The van der Waals surface area contributed by atoms with E-state index in [1.165, 1.54) is 6.42 Å². The Morgan fingerprint density at radius 3 is 2.55 bits per heavy atom. The van der Waals surface area contributed by atoms with Crippen LogP contribution in [0.25, 0.3) is 0 Å². The van der Waals surface area contributed by atoms with Gasteiger partial charge in [0.1, 0.15) is 0 Å². The summed E-state index contributed by atoms with van der Waals surface area (Å²) in [5.74, 6) is 1.41. The molecule has 0 spiro atoms. The van der Waals surface area contributed by atoms with Crippen LogP contribution >= 0.6 is 0 Å². The van der Waals surface area contributed by atoms with E-state index in [-0.39, 0.29) is 5.91 Å². The fourth-order valence-corrected chi connectivity index (χ4v) is 1.16. The van der Waals surface area contributed by atoms with Crippen molar-refractivity contribution >= 4 is 5.91 Å². The minimum atomic E-state index is 0.217. The molecule has 1 aliphatic carbocycles. The summed E-state index contributed by atoms with van der Waals surface area (Å²) in [4.78, 5) is 11.1. The Morgan fingerprint density at radius 2 is 2.18 bits per heavy atom. The summed E-state index contributed by atoms with van der Waals surface area (Å²) in [6.45, 7) is 6.30. The van der Waals surface area contributed by atoms with Crippen molar-refractivity contribution in [2.24, 2.45) is 11.8 Å². The minimum absolute atomic E-state index is 0.217. The number of hydrogen-bond donors (Lipinski definition) is 1. The molecular formula is C9H17NO. The molecule has 0 aromatic heterocycles. The highest BCUT2D eigenvalue weighted by atomic mass is 16.1. The summed E-state index contributed by atoms with van der Waals surface area (Å²) in [5.41, 5.74) is 0. The Labute approximate surface area is 68.4 Å². The van der Waals surface area contributed by atoms with Gasteiger partial charge in [-0.25, -0.2) is 0 Å². The number of nitrogens with one attached hydrogen (secondary N) is 1. The SMILES string of the molecule is CC(C)CC(=O)NC1CC1C. The van der Waals surface area contributed by atoms with Crippen LogP contribution in [0.2, 0.25) is 0 Å². The molecule has 2 heteroatoms. The van der Waals surface area contributed by atoms with Crippen LogP contribution in [0.4, 0.5) is 0 Å². The standard InChI is InChI=1S/C9H17NO/c1-6(2)4-9(11)10-8-5-7(8)3/h6-8H,4-5H2,1-3H3,(H,10,11). The maximum Gasteiger partial charge on any atom is 0.220 e. The molecule has 1 aliphatic rings. The van der Waals surface area contributed by atoms with Crippen molar-refractivity contribution in [3.05, 3.63) is 0 Å². The van der Waals surface area contributed by atoms with E-state index in [9.17, 15) is 4.79 Å². The molecule has 1 N–H and O–H groups in total. The van der Waals surface area contributed by atoms with Crippen LogP contribution in [0.1, 0.15) is 33.6 Å². The Bertz CT molecular complexity index is 154. The van der Waals surface area contributed by atoms with Crippen molar-refractivity contribution in [1.29, 1.82) is 0 Å². The number of carbonyl (C=O) groups is 1. The van der Waals surface area contributed by atoms with E-state index in [1.54, 1.807) is 0 Å². The zero-order valence-corrected chi connectivity index (χ0v) is 7.55. The first-order chi connectivity index (χ1) is 5.09. The molecule has 0 aromatic rings. The summed E-state index contributed by atoms with van der Waals surface area (Å²) >= 11 is 0. The zero-order valence-electron chi connectivity index (χ0n) is 7.55. The Kier molecular flexibility index (Phi) is 2.53. The minimum Gasteiger partial charge on any atom is -0.353 e. The predicted molar refractivity (Wildman–Crippen MR) is 45.2 cm³/mol. The normalized spacial score (nSPS) is 28.7. The van der Waals surface area contributed by atoms with E-state index < -0.39 is 0 Å². The van der Waals surface area contributed by atoms with Gasteiger partial charge in [0.15, 0.2) is 0 Å². The molecule has 1 amide bonds. The Balaban J connectivity index is 2.11. The Morgan fingerprint density at radius 1 is 1.64 bits per heavy atom. The van der Waals surface area contributed by atoms with Crippen molar-refractivity contribution in [1.82, 2.24) is 5.32 Å². The van der Waals surface area contributed by atoms with Crippen LogP contribution in [0.5, 0.6) is 0 Å². The number of carbonyl (C=O) groups excluding carboxylic acids is 1. The molecule has 1 rings (SSSR count). The third-order valence-corrected chi connectivity index (χ3v) is 2.05. The quantitative estimate of drug-likeness (QED) is 0.658. The van der Waals surface area contributed by atoms with Crippen LogP contribution in [0.3, 0.4) is 0 Å². The number of rotatable bonds is 3. The van der Waals surface area contributed by atoms with Gasteiger partial charge in [-0.15, -0.1) is 0 Å². The molecule has 64 valence electrons. The van der Waals surface area contributed by atoms with Gasteiger partial charge in [-0.1, -0.05) is 20.8 Å². The van der Waals surface area contributed by atoms with Gasteiger partial charge >= 0.3 is 0 Å². The monoisotopic (exact) mass is 155 g/mol. The second-order valence-corrected chi connectivity index (χ2v) is 3.98. The summed E-state index contributed by atoms with van der Waals surface area (Å²) in [5, 5.41) is 3.00. The second kappa shape index (κ2) is 3.24. The molecule has 1 saturated carbocycles. The lowest BCUT2D eigenvalue weighted by atomic mass is 10.1. The predicted octanol–water partition coefficient (Wildman–Crippen LogP) is 1.56. The van der Waals surface area contributed by atoms with Gasteiger partial charge in [0, 0.05) is 12.5 Å². The second-order valence-electron chi connectivity index (χ2n) is 3.98. The van der Waals surface area contributed by atoms with Crippen molar-refractivity contribution in [2.75, 3.05) is 0 Å². The van der Waals surface area contributed by atoms with Gasteiger partial charge in [0.25, 0.3) is 0 Å². The highest BCUT2D eigenvalue weighted by molar-refractivity contribution is 5.76. The number of amides is 1. The van der Waals surface area contributed by atoms with Crippen molar-refractivity contribution < 1.29 is 4.79 Å². The van der Waals surface area contributed by atoms with E-state index in [1.807, 2.05) is 0 Å². The van der Waals surface area contributed by atoms with Gasteiger partial charge in [0.2, 0.25) is 5.91 Å². The van der Waals surface area contributed by atoms with Crippen LogP contribution < -0.4 is 5.32 Å². The first kappa shape index (κ1) is 8.57. The fourth-order valence-electron chi connectivity index (χ4n) is 1.16. The Hall–Kier alpha value is -0.530. The lowest BCUT2D eigenvalue weighted by Gasteiger charge is -2.05. The summed E-state index contributed by atoms with van der Waals surface area (Å²) in [6.07, 6.45) is 1.84. The van der Waals surface area contributed by atoms with Crippen LogP contribution in [0.15, 0.2) is 0 Å². The summed E-state index contributed by atoms with van der Waals surface area (Å²) in [6, 6.07) is 0.487. The van der Waals surface area contributed by atoms with Crippen molar-refractivity contribution in [3.8, 4) is 0 Å². The van der Waals surface area contributed by atoms with Gasteiger partial charge < -0.3 is 5.32 Å². The maximum absolute atomic E-state index is 11.1. The molecule has 2 atom stereocenters. The molecule has 0 bridgehead atoms. The molecule has 11 heavy (non-hydrogen) atoms. The molecular weight excluding hydrogens is 138 g/mol. The highest BCUT2D eigenvalue weighted by Gasteiger charge is 2.33. The molecule has 0 aliphatic heterocycles. The van der Waals surface area contributed by atoms with Crippen molar-refractivity contribution in [3.63, 3.8) is 0 Å². The molecule has 0 aromatic carbocycles. The lowest BCUT2D eigenvalue weighted by Crippen LogP contribution is -2.27. The molecule has 2 unspecified atom stereocenters. The summed E-state index contributed by atoms with van der Waals surface area (Å²) in [7, 11) is 0. The first-order valence-corrected chi connectivity index (χ1v) is 4.39. The van der Waals surface area contributed by atoms with Gasteiger partial charge in [-0.05, 0) is 18.3 Å². The van der Waals surface area contributed by atoms with E-state index in [4.69, 9.17) is 0 Å². The first-order valence-electron chi connectivity index (χ1n) is 4.39. The molecule has 0 heterocycles. The molecule has 0 radical (unpaired) electrons. The van der Waals surface area contributed by atoms with E-state index in [2.05, 4.69) is 26.1 Å². The largest absolute Gasteiger partial charge is 0.353 e. The maximum atomic E-state index is 11.1. The average molecular weight is 155 g/mol. The molecule has 0 saturated heterocycles. The van der Waals surface area contributed by atoms with Gasteiger partial charge in [0.05, 0.1) is 0 Å². The fraction of sp³-hybridized carbons (Fsp3) is 0.889. The zero-order chi connectivity index (χ0) is 8.43. The summed E-state index contributed by atoms with van der Waals surface area (Å²) < 4.78 is 0. The van der Waals surface area contributed by atoms with Crippen molar-refractivity contribution in [2.45, 2.75) is 39.7 Å². The van der Waals surface area contributed by atoms with Gasteiger partial charge in [-0.3, -0.25) is 4.79 Å². The number of hydrogen-bond acceptors (Lipinski definition) is 1. The van der Waals surface area contributed by atoms with E-state index >= 15 is 0 Å². The smallest absolute Gasteiger partial charge is 0.220 e. The third kappa shape index (κ3) is 2.91. The van der Waals surface area contributed by atoms with Crippen LogP contribution in [0, 0.1) is 11.8 Å². The highest BCUT2D eigenvalue weighted by Crippen LogP contribution is 2.29. The lowest BCUT2D eigenvalue weighted by molar-refractivity contribution is -0.122. The third-order valence-electron chi connectivity index (χ3n) is 2.05. The van der Waals surface area contributed by atoms with Gasteiger partial charge in [-0.2, -0.15) is 0 Å². The molecule has 1 fully saturated rings. The average Bonchev–Trinajstić information content (AvgIpc) is 2.43. The van der Waals surface area contributed by atoms with E-state index in [0.29, 0.717) is 24.3 Å². The molecule has 2 nitrogen and oxygen atoms in total. The topological polar surface area (TPSA) is 29.1 Å².